The van der Waals surface area contributed by atoms with E-state index in [1.54, 1.807) is 0 Å². The van der Waals surface area contributed by atoms with E-state index in [9.17, 15) is 0 Å². The molecule has 92 valence electrons. The lowest BCUT2D eigenvalue weighted by Gasteiger charge is -2.28. The van der Waals surface area contributed by atoms with Crippen LogP contribution in [0.15, 0.2) is 18.2 Å². The van der Waals surface area contributed by atoms with Gasteiger partial charge in [-0.1, -0.05) is 12.1 Å². The van der Waals surface area contributed by atoms with E-state index in [1.807, 2.05) is 0 Å². The van der Waals surface area contributed by atoms with Crippen LogP contribution in [0.1, 0.15) is 18.4 Å². The van der Waals surface area contributed by atoms with Gasteiger partial charge in [-0.3, -0.25) is 0 Å². The average Bonchev–Trinajstić information content (AvgIpc) is 2.67. The quantitative estimate of drug-likeness (QED) is 0.799. The standard InChI is InChI=1S/C14H20N2O/c1-4-12-5-2-11-17-14(12)13(6-1)16-9-3-7-15-8-10-16/h1,4,6,15H,2-3,5,7-11H2. The number of anilines is 1. The molecule has 0 amide bonds. The highest BCUT2D eigenvalue weighted by Gasteiger charge is 2.19. The van der Waals surface area contributed by atoms with Crippen LogP contribution in [0.25, 0.3) is 0 Å². The number of benzene rings is 1. The Bertz CT molecular complexity index is 384. The molecule has 1 aromatic rings. The second-order valence-corrected chi connectivity index (χ2v) is 4.81. The van der Waals surface area contributed by atoms with E-state index in [2.05, 4.69) is 28.4 Å². The van der Waals surface area contributed by atoms with Crippen LogP contribution < -0.4 is 15.0 Å². The summed E-state index contributed by atoms with van der Waals surface area (Å²) in [5.74, 6) is 1.14. The normalized spacial score (nSPS) is 20.4. The van der Waals surface area contributed by atoms with E-state index in [1.165, 1.54) is 17.7 Å². The summed E-state index contributed by atoms with van der Waals surface area (Å²) < 4.78 is 5.89. The van der Waals surface area contributed by atoms with Crippen molar-refractivity contribution in [3.63, 3.8) is 0 Å². The number of aryl methyl sites for hydroxylation is 1. The van der Waals surface area contributed by atoms with Crippen molar-refractivity contribution >= 4 is 5.69 Å². The average molecular weight is 232 g/mol. The molecular weight excluding hydrogens is 212 g/mol. The van der Waals surface area contributed by atoms with Crippen LogP contribution in [0, 0.1) is 0 Å². The Morgan fingerprint density at radius 2 is 2.12 bits per heavy atom. The highest BCUT2D eigenvalue weighted by molar-refractivity contribution is 5.62. The first-order chi connectivity index (χ1) is 8.45. The van der Waals surface area contributed by atoms with Gasteiger partial charge in [0.1, 0.15) is 5.75 Å². The Kier molecular flexibility index (Phi) is 3.18. The smallest absolute Gasteiger partial charge is 0.145 e. The van der Waals surface area contributed by atoms with Gasteiger partial charge in [0.05, 0.1) is 12.3 Å². The number of nitrogens with one attached hydrogen (secondary N) is 1. The molecule has 3 nitrogen and oxygen atoms in total. The fraction of sp³-hybridized carbons (Fsp3) is 0.571. The molecule has 1 fully saturated rings. The zero-order valence-corrected chi connectivity index (χ0v) is 10.2. The molecular formula is C14H20N2O. The van der Waals surface area contributed by atoms with E-state index in [4.69, 9.17) is 4.74 Å². The van der Waals surface area contributed by atoms with Gasteiger partial charge in [0.15, 0.2) is 0 Å². The molecule has 2 aliphatic heterocycles. The van der Waals surface area contributed by atoms with Gasteiger partial charge in [-0.2, -0.15) is 0 Å². The minimum atomic E-state index is 0.871. The summed E-state index contributed by atoms with van der Waals surface area (Å²) in [5.41, 5.74) is 2.68. The van der Waals surface area contributed by atoms with Crippen molar-refractivity contribution in [1.82, 2.24) is 5.32 Å². The number of hydrogen-bond acceptors (Lipinski definition) is 3. The third kappa shape index (κ3) is 2.25. The molecule has 0 bridgehead atoms. The van der Waals surface area contributed by atoms with Crippen LogP contribution in [-0.4, -0.2) is 32.8 Å². The Labute approximate surface area is 103 Å². The van der Waals surface area contributed by atoms with Gasteiger partial charge in [-0.15, -0.1) is 0 Å². The Morgan fingerprint density at radius 1 is 1.12 bits per heavy atom. The van der Waals surface area contributed by atoms with Crippen molar-refractivity contribution in [1.29, 1.82) is 0 Å². The minimum Gasteiger partial charge on any atom is -0.491 e. The Hall–Kier alpha value is -1.22. The van der Waals surface area contributed by atoms with E-state index < -0.39 is 0 Å². The maximum atomic E-state index is 5.89. The van der Waals surface area contributed by atoms with Gasteiger partial charge in [0, 0.05) is 19.6 Å². The van der Waals surface area contributed by atoms with Crippen LogP contribution in [0.5, 0.6) is 5.75 Å². The summed E-state index contributed by atoms with van der Waals surface area (Å²) in [6.45, 7) is 5.29. The third-order valence-corrected chi connectivity index (χ3v) is 3.59. The summed E-state index contributed by atoms with van der Waals surface area (Å²) in [7, 11) is 0. The molecule has 3 heteroatoms. The number of hydrogen-bond donors (Lipinski definition) is 1. The number of rotatable bonds is 1. The summed E-state index contributed by atoms with van der Waals surface area (Å²) in [4.78, 5) is 2.46. The van der Waals surface area contributed by atoms with Crippen molar-refractivity contribution in [3.05, 3.63) is 23.8 Å². The summed E-state index contributed by atoms with van der Waals surface area (Å²) in [5, 5.41) is 3.44. The summed E-state index contributed by atoms with van der Waals surface area (Å²) in [6.07, 6.45) is 3.52. The molecule has 0 aromatic heterocycles. The third-order valence-electron chi connectivity index (χ3n) is 3.59. The van der Waals surface area contributed by atoms with Crippen molar-refractivity contribution < 1.29 is 4.74 Å². The Balaban J connectivity index is 1.90. The molecule has 0 saturated carbocycles. The first-order valence-corrected chi connectivity index (χ1v) is 6.65. The number of nitrogens with zero attached hydrogens (tertiary/aromatic N) is 1. The molecule has 1 N–H and O–H groups in total. The van der Waals surface area contributed by atoms with E-state index >= 15 is 0 Å². The molecule has 2 heterocycles. The van der Waals surface area contributed by atoms with Crippen LogP contribution in [0.3, 0.4) is 0 Å². The van der Waals surface area contributed by atoms with Gasteiger partial charge >= 0.3 is 0 Å². The lowest BCUT2D eigenvalue weighted by Crippen LogP contribution is -2.28. The van der Waals surface area contributed by atoms with Crippen LogP contribution >= 0.6 is 0 Å². The van der Waals surface area contributed by atoms with Gasteiger partial charge < -0.3 is 15.0 Å². The summed E-state index contributed by atoms with van der Waals surface area (Å²) >= 11 is 0. The van der Waals surface area contributed by atoms with Crippen LogP contribution in [0.2, 0.25) is 0 Å². The van der Waals surface area contributed by atoms with Gasteiger partial charge in [-0.05, 0) is 37.4 Å². The van der Waals surface area contributed by atoms with Gasteiger partial charge in [-0.25, -0.2) is 0 Å². The Morgan fingerprint density at radius 3 is 3.12 bits per heavy atom. The zero-order chi connectivity index (χ0) is 11.5. The van der Waals surface area contributed by atoms with Crippen molar-refractivity contribution in [2.75, 3.05) is 37.7 Å². The predicted molar refractivity (Wildman–Crippen MR) is 70.0 cm³/mol. The maximum absolute atomic E-state index is 5.89. The predicted octanol–water partition coefficient (Wildman–Crippen LogP) is 1.81. The monoisotopic (exact) mass is 232 g/mol. The first-order valence-electron chi connectivity index (χ1n) is 6.65. The second-order valence-electron chi connectivity index (χ2n) is 4.81. The summed E-state index contributed by atoms with van der Waals surface area (Å²) in [6, 6.07) is 6.57. The maximum Gasteiger partial charge on any atom is 0.145 e. The molecule has 0 aliphatic carbocycles. The van der Waals surface area contributed by atoms with Crippen LogP contribution in [-0.2, 0) is 6.42 Å². The minimum absolute atomic E-state index is 0.871. The highest BCUT2D eigenvalue weighted by Crippen LogP contribution is 2.35. The SMILES string of the molecule is c1cc2c(c(N3CCCNCC3)c1)OCCC2. The molecule has 0 spiro atoms. The lowest BCUT2D eigenvalue weighted by atomic mass is 10.0. The largest absolute Gasteiger partial charge is 0.491 e. The van der Waals surface area contributed by atoms with Crippen LogP contribution in [0.4, 0.5) is 5.69 Å². The molecule has 0 unspecified atom stereocenters. The molecule has 1 saturated heterocycles. The van der Waals surface area contributed by atoms with Crippen molar-refractivity contribution in [2.24, 2.45) is 0 Å². The van der Waals surface area contributed by atoms with Gasteiger partial charge in [0.25, 0.3) is 0 Å². The van der Waals surface area contributed by atoms with E-state index in [0.717, 1.165) is 51.4 Å². The molecule has 3 rings (SSSR count). The highest BCUT2D eigenvalue weighted by atomic mass is 16.5. The molecule has 0 radical (unpaired) electrons. The molecule has 2 aliphatic rings. The van der Waals surface area contributed by atoms with E-state index in [0.29, 0.717) is 0 Å². The second kappa shape index (κ2) is 4.96. The van der Waals surface area contributed by atoms with Crippen molar-refractivity contribution in [2.45, 2.75) is 19.3 Å². The number of para-hydroxylation sites is 1. The fourth-order valence-corrected chi connectivity index (χ4v) is 2.71. The fourth-order valence-electron chi connectivity index (χ4n) is 2.71. The van der Waals surface area contributed by atoms with E-state index in [-0.39, 0.29) is 0 Å². The van der Waals surface area contributed by atoms with Gasteiger partial charge in [0.2, 0.25) is 0 Å². The topological polar surface area (TPSA) is 24.5 Å². The molecule has 17 heavy (non-hydrogen) atoms. The van der Waals surface area contributed by atoms with Crippen molar-refractivity contribution in [3.8, 4) is 5.75 Å². The number of fused-ring (bicyclic) bond motifs is 1. The number of ether oxygens (including phenoxy) is 1. The first kappa shape index (κ1) is 10.9. The molecule has 1 aromatic carbocycles. The molecule has 0 atom stereocenters. The lowest BCUT2D eigenvalue weighted by molar-refractivity contribution is 0.288. The zero-order valence-electron chi connectivity index (χ0n) is 10.2.